The van der Waals surface area contributed by atoms with E-state index in [4.69, 9.17) is 25.8 Å². The summed E-state index contributed by atoms with van der Waals surface area (Å²) in [4.78, 5) is 0. The fourth-order valence-electron chi connectivity index (χ4n) is 2.12. The van der Waals surface area contributed by atoms with Crippen molar-refractivity contribution in [2.75, 3.05) is 13.7 Å². The highest BCUT2D eigenvalue weighted by molar-refractivity contribution is 6.21. The average molecular weight is 285 g/mol. The maximum atomic E-state index is 6.15. The van der Waals surface area contributed by atoms with Gasteiger partial charge in [0.05, 0.1) is 25.2 Å². The summed E-state index contributed by atoms with van der Waals surface area (Å²) in [5, 5.41) is 0.0851. The van der Waals surface area contributed by atoms with Gasteiger partial charge in [0.2, 0.25) is 0 Å². The van der Waals surface area contributed by atoms with E-state index in [1.807, 2.05) is 24.3 Å². The topological polar surface area (TPSA) is 27.7 Å². The lowest BCUT2D eigenvalue weighted by Gasteiger charge is -2.40. The van der Waals surface area contributed by atoms with Gasteiger partial charge in [-0.3, -0.25) is 0 Å². The zero-order valence-corrected chi connectivity index (χ0v) is 12.2. The van der Waals surface area contributed by atoms with E-state index >= 15 is 0 Å². The molecule has 0 amide bonds. The van der Waals surface area contributed by atoms with Crippen molar-refractivity contribution in [2.45, 2.75) is 44.0 Å². The van der Waals surface area contributed by atoms with Gasteiger partial charge in [-0.1, -0.05) is 19.1 Å². The molecule has 106 valence electrons. The van der Waals surface area contributed by atoms with Crippen LogP contribution in [0.25, 0.3) is 0 Å². The number of halogens is 1. The van der Waals surface area contributed by atoms with Gasteiger partial charge < -0.3 is 14.2 Å². The van der Waals surface area contributed by atoms with Gasteiger partial charge >= 0.3 is 0 Å². The molecule has 2 rings (SSSR count). The second-order valence-corrected chi connectivity index (χ2v) is 5.35. The molecule has 0 saturated heterocycles. The Kier molecular flexibility index (Phi) is 5.49. The average Bonchev–Trinajstić information content (AvgIpc) is 2.43. The van der Waals surface area contributed by atoms with Gasteiger partial charge in [0, 0.05) is 6.61 Å². The molecule has 0 N–H and O–H groups in total. The Balaban J connectivity index is 1.81. The number of hydrogen-bond acceptors (Lipinski definition) is 3. The standard InChI is InChI=1S/C15H21ClO3/c1-3-7-18-15-13(16)9-14(15)19-10-11-5-4-6-12(8-11)17-2/h4-6,8,13-15H,3,7,9-10H2,1-2H3. The maximum Gasteiger partial charge on any atom is 0.119 e. The first-order chi connectivity index (χ1) is 9.24. The van der Waals surface area contributed by atoms with Crippen LogP contribution < -0.4 is 4.74 Å². The summed E-state index contributed by atoms with van der Waals surface area (Å²) < 4.78 is 16.8. The van der Waals surface area contributed by atoms with Crippen molar-refractivity contribution in [2.24, 2.45) is 0 Å². The predicted molar refractivity (Wildman–Crippen MR) is 75.9 cm³/mol. The summed E-state index contributed by atoms with van der Waals surface area (Å²) in [6, 6.07) is 7.91. The van der Waals surface area contributed by atoms with Crippen LogP contribution in [0.15, 0.2) is 24.3 Å². The molecule has 0 radical (unpaired) electrons. The third-order valence-corrected chi connectivity index (χ3v) is 3.72. The van der Waals surface area contributed by atoms with Gasteiger partial charge in [-0.2, -0.15) is 0 Å². The number of ether oxygens (including phenoxy) is 3. The highest BCUT2D eigenvalue weighted by atomic mass is 35.5. The Labute approximate surface area is 119 Å². The quantitative estimate of drug-likeness (QED) is 0.719. The second kappa shape index (κ2) is 7.13. The molecule has 0 aromatic heterocycles. The molecule has 1 aliphatic carbocycles. The summed E-state index contributed by atoms with van der Waals surface area (Å²) in [6.45, 7) is 3.40. The molecule has 3 nitrogen and oxygen atoms in total. The molecule has 3 atom stereocenters. The van der Waals surface area contributed by atoms with Gasteiger partial charge in [0.25, 0.3) is 0 Å². The first-order valence-electron chi connectivity index (χ1n) is 6.74. The Morgan fingerprint density at radius 1 is 1.32 bits per heavy atom. The largest absolute Gasteiger partial charge is 0.497 e. The van der Waals surface area contributed by atoms with Crippen molar-refractivity contribution in [3.63, 3.8) is 0 Å². The van der Waals surface area contributed by atoms with Crippen molar-refractivity contribution >= 4 is 11.6 Å². The molecule has 0 heterocycles. The fourth-order valence-corrected chi connectivity index (χ4v) is 2.53. The number of rotatable bonds is 7. The normalized spacial score (nSPS) is 25.9. The van der Waals surface area contributed by atoms with Crippen molar-refractivity contribution in [1.82, 2.24) is 0 Å². The van der Waals surface area contributed by atoms with Crippen LogP contribution in [-0.4, -0.2) is 31.3 Å². The van der Waals surface area contributed by atoms with E-state index in [0.717, 1.165) is 30.8 Å². The number of hydrogen-bond donors (Lipinski definition) is 0. The lowest BCUT2D eigenvalue weighted by Crippen LogP contribution is -2.51. The van der Waals surface area contributed by atoms with Crippen molar-refractivity contribution < 1.29 is 14.2 Å². The van der Waals surface area contributed by atoms with Crippen LogP contribution in [0.5, 0.6) is 5.75 Å². The lowest BCUT2D eigenvalue weighted by atomic mass is 9.91. The number of methoxy groups -OCH3 is 1. The van der Waals surface area contributed by atoms with E-state index in [-0.39, 0.29) is 17.6 Å². The van der Waals surface area contributed by atoms with Crippen LogP contribution >= 0.6 is 11.6 Å². The Hall–Kier alpha value is -0.770. The van der Waals surface area contributed by atoms with Crippen molar-refractivity contribution in [3.05, 3.63) is 29.8 Å². The monoisotopic (exact) mass is 284 g/mol. The highest BCUT2D eigenvalue weighted by Gasteiger charge is 2.41. The molecule has 0 bridgehead atoms. The minimum absolute atomic E-state index is 0.0345. The van der Waals surface area contributed by atoms with Crippen LogP contribution in [0, 0.1) is 0 Å². The summed E-state index contributed by atoms with van der Waals surface area (Å²) in [5.41, 5.74) is 1.10. The van der Waals surface area contributed by atoms with Crippen LogP contribution in [0.2, 0.25) is 0 Å². The zero-order valence-electron chi connectivity index (χ0n) is 11.5. The molecule has 4 heteroatoms. The first-order valence-corrected chi connectivity index (χ1v) is 7.18. The summed E-state index contributed by atoms with van der Waals surface area (Å²) in [7, 11) is 1.67. The Morgan fingerprint density at radius 3 is 2.84 bits per heavy atom. The zero-order chi connectivity index (χ0) is 13.7. The molecule has 1 fully saturated rings. The summed E-state index contributed by atoms with van der Waals surface area (Å²) in [5.74, 6) is 0.851. The third-order valence-electron chi connectivity index (χ3n) is 3.29. The number of benzene rings is 1. The molecular weight excluding hydrogens is 264 g/mol. The smallest absolute Gasteiger partial charge is 0.119 e. The molecule has 1 aromatic rings. The van der Waals surface area contributed by atoms with E-state index in [1.54, 1.807) is 7.11 Å². The Bertz CT molecular complexity index is 397. The predicted octanol–water partition coefficient (Wildman–Crippen LogP) is 3.39. The molecule has 1 aliphatic rings. The fraction of sp³-hybridized carbons (Fsp3) is 0.600. The van der Waals surface area contributed by atoms with Gasteiger partial charge in [0.1, 0.15) is 11.9 Å². The molecule has 0 spiro atoms. The molecule has 3 unspecified atom stereocenters. The minimum Gasteiger partial charge on any atom is -0.497 e. The molecule has 1 saturated carbocycles. The Morgan fingerprint density at radius 2 is 2.16 bits per heavy atom. The molecule has 1 aromatic carbocycles. The van der Waals surface area contributed by atoms with Crippen LogP contribution in [-0.2, 0) is 16.1 Å². The van der Waals surface area contributed by atoms with Gasteiger partial charge in [-0.05, 0) is 30.5 Å². The van der Waals surface area contributed by atoms with E-state index in [9.17, 15) is 0 Å². The van der Waals surface area contributed by atoms with Crippen LogP contribution in [0.4, 0.5) is 0 Å². The number of alkyl halides is 1. The van der Waals surface area contributed by atoms with E-state index in [0.29, 0.717) is 6.61 Å². The first kappa shape index (κ1) is 14.6. The summed E-state index contributed by atoms with van der Waals surface area (Å²) in [6.07, 6.45) is 2.01. The van der Waals surface area contributed by atoms with E-state index in [1.165, 1.54) is 0 Å². The van der Waals surface area contributed by atoms with Crippen molar-refractivity contribution in [3.8, 4) is 5.75 Å². The lowest BCUT2D eigenvalue weighted by molar-refractivity contribution is -0.129. The van der Waals surface area contributed by atoms with Crippen LogP contribution in [0.1, 0.15) is 25.3 Å². The molecular formula is C15H21ClO3. The van der Waals surface area contributed by atoms with Gasteiger partial charge in [-0.15, -0.1) is 11.6 Å². The minimum atomic E-state index is 0.0345. The second-order valence-electron chi connectivity index (χ2n) is 4.79. The highest BCUT2D eigenvalue weighted by Crippen LogP contribution is 2.32. The van der Waals surface area contributed by atoms with Gasteiger partial charge in [0.15, 0.2) is 0 Å². The van der Waals surface area contributed by atoms with Crippen LogP contribution in [0.3, 0.4) is 0 Å². The molecule has 0 aliphatic heterocycles. The third kappa shape index (κ3) is 3.85. The molecule has 19 heavy (non-hydrogen) atoms. The van der Waals surface area contributed by atoms with E-state index in [2.05, 4.69) is 6.92 Å². The maximum absolute atomic E-state index is 6.15. The summed E-state index contributed by atoms with van der Waals surface area (Å²) >= 11 is 6.15. The van der Waals surface area contributed by atoms with Gasteiger partial charge in [-0.25, -0.2) is 0 Å². The van der Waals surface area contributed by atoms with Crippen molar-refractivity contribution in [1.29, 1.82) is 0 Å². The van der Waals surface area contributed by atoms with E-state index < -0.39 is 0 Å². The SMILES string of the molecule is CCCOC1C(Cl)CC1OCc1cccc(OC)c1.